The molecular weight excluding hydrogens is 270 g/mol. The number of hydrogen-bond acceptors (Lipinski definition) is 3. The number of methoxy groups -OCH3 is 1. The number of halogens is 1. The maximum absolute atomic E-state index is 11.2. The summed E-state index contributed by atoms with van der Waals surface area (Å²) in [6.07, 6.45) is 3.83. The van der Waals surface area contributed by atoms with Crippen LogP contribution in [0.15, 0.2) is 0 Å². The predicted molar refractivity (Wildman–Crippen MR) is 68.7 cm³/mol. The second-order valence-corrected chi connectivity index (χ2v) is 5.88. The van der Waals surface area contributed by atoms with Crippen LogP contribution in [-0.2, 0) is 9.53 Å². The van der Waals surface area contributed by atoms with Crippen LogP contribution in [0.4, 0.5) is 0 Å². The van der Waals surface area contributed by atoms with Crippen LogP contribution in [0.5, 0.6) is 0 Å². The number of esters is 1. The minimum absolute atomic E-state index is 0.205. The molecule has 1 fully saturated rings. The minimum Gasteiger partial charge on any atom is -0.468 e. The fourth-order valence-electron chi connectivity index (χ4n) is 2.34. The number of nitrogens with one attached hydrogen (secondary N) is 1. The molecule has 0 radical (unpaired) electrons. The van der Waals surface area contributed by atoms with Crippen LogP contribution < -0.4 is 5.32 Å². The van der Waals surface area contributed by atoms with Crippen LogP contribution in [-0.4, -0.2) is 30.5 Å². The highest BCUT2D eigenvalue weighted by Crippen LogP contribution is 2.29. The summed E-state index contributed by atoms with van der Waals surface area (Å²) in [4.78, 5) is 11.0. The van der Waals surface area contributed by atoms with Gasteiger partial charge in [0.15, 0.2) is 0 Å². The molecule has 1 rings (SSSR count). The lowest BCUT2D eigenvalue weighted by molar-refractivity contribution is -0.139. The zero-order valence-corrected chi connectivity index (χ0v) is 11.9. The highest BCUT2D eigenvalue weighted by atomic mass is 79.9. The molecule has 0 heterocycles. The maximum atomic E-state index is 11.2. The van der Waals surface area contributed by atoms with E-state index in [9.17, 15) is 4.79 Å². The number of alkyl halides is 1. The standard InChI is InChI=1S/C12H22BrNO2/c1-8-5-4-6-11(9(8)2)14-7-10(13)12(15)16-3/h8-11,14H,4-7H2,1-3H3. The Morgan fingerprint density at radius 3 is 2.81 bits per heavy atom. The Kier molecular flexibility index (Phi) is 5.76. The Morgan fingerprint density at radius 2 is 2.19 bits per heavy atom. The van der Waals surface area contributed by atoms with Crippen molar-refractivity contribution >= 4 is 21.9 Å². The molecule has 0 aromatic rings. The van der Waals surface area contributed by atoms with Crippen molar-refractivity contribution in [3.05, 3.63) is 0 Å². The maximum Gasteiger partial charge on any atom is 0.320 e. The summed E-state index contributed by atoms with van der Waals surface area (Å²) >= 11 is 3.33. The van der Waals surface area contributed by atoms with Crippen molar-refractivity contribution in [3.63, 3.8) is 0 Å². The van der Waals surface area contributed by atoms with Crippen molar-refractivity contribution in [1.82, 2.24) is 5.32 Å². The number of carbonyl (C=O) groups is 1. The normalized spacial score (nSPS) is 32.1. The highest BCUT2D eigenvalue weighted by Gasteiger charge is 2.27. The van der Waals surface area contributed by atoms with Gasteiger partial charge >= 0.3 is 5.97 Å². The van der Waals surface area contributed by atoms with E-state index < -0.39 is 0 Å². The van der Waals surface area contributed by atoms with Gasteiger partial charge in [-0.1, -0.05) is 42.6 Å². The molecule has 4 heteroatoms. The summed E-state index contributed by atoms with van der Waals surface area (Å²) in [6.45, 7) is 5.25. The van der Waals surface area contributed by atoms with E-state index in [1.807, 2.05) is 0 Å². The molecule has 3 nitrogen and oxygen atoms in total. The molecule has 1 aliphatic rings. The third-order valence-electron chi connectivity index (χ3n) is 3.72. The molecule has 0 amide bonds. The van der Waals surface area contributed by atoms with E-state index in [1.165, 1.54) is 26.4 Å². The first-order valence-corrected chi connectivity index (χ1v) is 6.93. The van der Waals surface area contributed by atoms with Gasteiger partial charge in [0.1, 0.15) is 4.83 Å². The third kappa shape index (κ3) is 3.74. The van der Waals surface area contributed by atoms with Crippen molar-refractivity contribution in [3.8, 4) is 0 Å². The van der Waals surface area contributed by atoms with Gasteiger partial charge in [-0.05, 0) is 18.3 Å². The van der Waals surface area contributed by atoms with Crippen LogP contribution in [0.25, 0.3) is 0 Å². The largest absolute Gasteiger partial charge is 0.468 e. The van der Waals surface area contributed by atoms with E-state index in [0.717, 1.165) is 5.92 Å². The zero-order valence-electron chi connectivity index (χ0n) is 10.3. The lowest BCUT2D eigenvalue weighted by atomic mass is 9.78. The van der Waals surface area contributed by atoms with E-state index >= 15 is 0 Å². The molecule has 1 saturated carbocycles. The summed E-state index contributed by atoms with van der Waals surface area (Å²) in [5, 5.41) is 3.47. The molecule has 4 atom stereocenters. The molecule has 4 unspecified atom stereocenters. The highest BCUT2D eigenvalue weighted by molar-refractivity contribution is 9.10. The smallest absolute Gasteiger partial charge is 0.320 e. The molecule has 1 N–H and O–H groups in total. The Balaban J connectivity index is 2.34. The number of carbonyl (C=O) groups excluding carboxylic acids is 1. The molecule has 1 aliphatic carbocycles. The second kappa shape index (κ2) is 6.60. The van der Waals surface area contributed by atoms with Gasteiger partial charge < -0.3 is 10.1 Å². The SMILES string of the molecule is COC(=O)C(Br)CNC1CCCC(C)C1C. The lowest BCUT2D eigenvalue weighted by Gasteiger charge is -2.35. The van der Waals surface area contributed by atoms with Gasteiger partial charge in [-0.15, -0.1) is 0 Å². The van der Waals surface area contributed by atoms with Gasteiger partial charge in [-0.3, -0.25) is 4.79 Å². The molecule has 0 spiro atoms. The third-order valence-corrected chi connectivity index (χ3v) is 4.42. The van der Waals surface area contributed by atoms with Crippen LogP contribution >= 0.6 is 15.9 Å². The summed E-state index contributed by atoms with van der Waals surface area (Å²) < 4.78 is 4.67. The molecule has 0 aromatic carbocycles. The van der Waals surface area contributed by atoms with Crippen LogP contribution in [0.3, 0.4) is 0 Å². The Hall–Kier alpha value is -0.0900. The van der Waals surface area contributed by atoms with Crippen molar-refractivity contribution in [2.24, 2.45) is 11.8 Å². The summed E-state index contributed by atoms with van der Waals surface area (Å²) in [7, 11) is 1.42. The number of rotatable bonds is 4. The van der Waals surface area contributed by atoms with E-state index in [1.54, 1.807) is 0 Å². The van der Waals surface area contributed by atoms with Gasteiger partial charge in [0.25, 0.3) is 0 Å². The van der Waals surface area contributed by atoms with E-state index in [0.29, 0.717) is 18.5 Å². The van der Waals surface area contributed by atoms with Crippen molar-refractivity contribution in [2.45, 2.75) is 44.0 Å². The first-order valence-electron chi connectivity index (χ1n) is 6.01. The van der Waals surface area contributed by atoms with Gasteiger partial charge in [0.2, 0.25) is 0 Å². The quantitative estimate of drug-likeness (QED) is 0.638. The van der Waals surface area contributed by atoms with E-state index in [4.69, 9.17) is 0 Å². The average molecular weight is 292 g/mol. The topological polar surface area (TPSA) is 38.3 Å². The van der Waals surface area contributed by atoms with Crippen LogP contribution in [0.2, 0.25) is 0 Å². The lowest BCUT2D eigenvalue weighted by Crippen LogP contribution is -2.44. The van der Waals surface area contributed by atoms with Crippen molar-refractivity contribution in [2.75, 3.05) is 13.7 Å². The second-order valence-electron chi connectivity index (χ2n) is 4.77. The fraction of sp³-hybridized carbons (Fsp3) is 0.917. The monoisotopic (exact) mass is 291 g/mol. The summed E-state index contributed by atoms with van der Waals surface area (Å²) in [5.74, 6) is 1.26. The Morgan fingerprint density at radius 1 is 1.50 bits per heavy atom. The number of ether oxygens (including phenoxy) is 1. The summed E-state index contributed by atoms with van der Waals surface area (Å²) in [6, 6.07) is 0.536. The molecule has 0 aromatic heterocycles. The molecule has 0 aliphatic heterocycles. The first-order chi connectivity index (χ1) is 7.56. The molecule has 94 valence electrons. The van der Waals surface area contributed by atoms with Gasteiger partial charge in [-0.25, -0.2) is 0 Å². The Bertz CT molecular complexity index is 235. The van der Waals surface area contributed by atoms with Gasteiger partial charge in [0, 0.05) is 12.6 Å². The zero-order chi connectivity index (χ0) is 12.1. The van der Waals surface area contributed by atoms with E-state index in [-0.39, 0.29) is 10.8 Å². The van der Waals surface area contributed by atoms with Crippen molar-refractivity contribution < 1.29 is 9.53 Å². The van der Waals surface area contributed by atoms with Crippen molar-refractivity contribution in [1.29, 1.82) is 0 Å². The number of hydrogen-bond donors (Lipinski definition) is 1. The molecule has 0 bridgehead atoms. The molecular formula is C12H22BrNO2. The average Bonchev–Trinajstić information content (AvgIpc) is 2.29. The van der Waals surface area contributed by atoms with Gasteiger partial charge in [0.05, 0.1) is 7.11 Å². The predicted octanol–water partition coefficient (Wildman–Crippen LogP) is 2.34. The molecule has 16 heavy (non-hydrogen) atoms. The minimum atomic E-state index is -0.234. The van der Waals surface area contributed by atoms with E-state index in [2.05, 4.69) is 39.8 Å². The fourth-order valence-corrected chi connectivity index (χ4v) is 2.71. The Labute approximate surface area is 106 Å². The summed E-state index contributed by atoms with van der Waals surface area (Å²) in [5.41, 5.74) is 0. The van der Waals surface area contributed by atoms with Crippen LogP contribution in [0.1, 0.15) is 33.1 Å². The molecule has 0 saturated heterocycles. The van der Waals surface area contributed by atoms with Crippen LogP contribution in [0, 0.1) is 11.8 Å². The first kappa shape index (κ1) is 14.0. The van der Waals surface area contributed by atoms with Gasteiger partial charge in [-0.2, -0.15) is 0 Å².